The molecule has 0 aromatic rings. The average molecular weight is 262 g/mol. The van der Waals surface area contributed by atoms with Gasteiger partial charge in [-0.3, -0.25) is 0 Å². The third-order valence-electron chi connectivity index (χ3n) is 2.40. The maximum absolute atomic E-state index is 11.4. The third kappa shape index (κ3) is 5.45. The Kier molecular flexibility index (Phi) is 8.06. The monoisotopic (exact) mass is 262 g/mol. The number of esters is 1. The molecule has 100 valence electrons. The van der Waals surface area contributed by atoms with E-state index >= 15 is 0 Å². The van der Waals surface area contributed by atoms with Crippen LogP contribution in [0.4, 0.5) is 0 Å². The maximum Gasteiger partial charge on any atom is 0.502 e. The van der Waals surface area contributed by atoms with Gasteiger partial charge in [-0.2, -0.15) is 0 Å². The van der Waals surface area contributed by atoms with Crippen LogP contribution in [0, 0.1) is 0 Å². The van der Waals surface area contributed by atoms with Gasteiger partial charge in [0.05, 0.1) is 0 Å². The van der Waals surface area contributed by atoms with E-state index in [4.69, 9.17) is 18.0 Å². The highest BCUT2D eigenvalue weighted by Gasteiger charge is 2.38. The zero-order valence-corrected chi connectivity index (χ0v) is 12.2. The molecule has 0 heterocycles. The Bertz CT molecular complexity index is 261. The second-order valence-electron chi connectivity index (χ2n) is 3.51. The topological polar surface area (TPSA) is 54.0 Å². The molecule has 0 saturated heterocycles. The summed E-state index contributed by atoms with van der Waals surface area (Å²) < 4.78 is 21.0. The molecule has 0 amide bonds. The summed E-state index contributed by atoms with van der Waals surface area (Å²) in [5.74, 6) is -0.390. The van der Waals surface area contributed by atoms with Gasteiger partial charge in [0.15, 0.2) is 6.79 Å². The Morgan fingerprint density at radius 1 is 1.29 bits per heavy atom. The van der Waals surface area contributed by atoms with Gasteiger partial charge in [-0.25, -0.2) is 4.79 Å². The van der Waals surface area contributed by atoms with Crippen molar-refractivity contribution in [1.82, 2.24) is 0 Å². The number of hydrogen-bond donors (Lipinski definition) is 0. The minimum absolute atomic E-state index is 0.141. The summed E-state index contributed by atoms with van der Waals surface area (Å²) in [6.07, 6.45) is 2.57. The van der Waals surface area contributed by atoms with Crippen molar-refractivity contribution >= 4 is 14.8 Å². The highest BCUT2D eigenvalue weighted by molar-refractivity contribution is 6.60. The molecule has 0 saturated carbocycles. The van der Waals surface area contributed by atoms with Gasteiger partial charge in [0.1, 0.15) is 0 Å². The summed E-state index contributed by atoms with van der Waals surface area (Å²) in [5.41, 5.74) is 0.547. The molecule has 0 bridgehead atoms. The summed E-state index contributed by atoms with van der Waals surface area (Å²) in [7, 11) is 0.440. The molecule has 17 heavy (non-hydrogen) atoms. The quantitative estimate of drug-likeness (QED) is 0.290. The highest BCUT2D eigenvalue weighted by atomic mass is 28.4. The van der Waals surface area contributed by atoms with Gasteiger partial charge < -0.3 is 18.0 Å². The number of allylic oxidation sites excluding steroid dienone is 1. The first-order valence-corrected chi connectivity index (χ1v) is 7.52. The van der Waals surface area contributed by atoms with Crippen LogP contribution >= 0.6 is 0 Å². The largest absolute Gasteiger partial charge is 0.502 e. The van der Waals surface area contributed by atoms with Crippen LogP contribution in [0.5, 0.6) is 0 Å². The second kappa shape index (κ2) is 8.41. The van der Waals surface area contributed by atoms with Crippen LogP contribution in [0.25, 0.3) is 0 Å². The van der Waals surface area contributed by atoms with Crippen molar-refractivity contribution < 1.29 is 22.8 Å². The summed E-state index contributed by atoms with van der Waals surface area (Å²) >= 11 is 0. The fraction of sp³-hybridized carbons (Fsp3) is 0.727. The van der Waals surface area contributed by atoms with E-state index in [-0.39, 0.29) is 12.8 Å². The SMILES string of the molecule is CC=C(C)C(=O)OCO[Si](CCC)(OC)OC. The molecule has 5 nitrogen and oxygen atoms in total. The summed E-state index contributed by atoms with van der Waals surface area (Å²) in [4.78, 5) is 11.4. The summed E-state index contributed by atoms with van der Waals surface area (Å²) in [5, 5.41) is 0. The van der Waals surface area contributed by atoms with E-state index in [1.165, 1.54) is 0 Å². The average Bonchev–Trinajstić information content (AvgIpc) is 2.36. The van der Waals surface area contributed by atoms with E-state index < -0.39 is 8.80 Å². The molecule has 0 aromatic carbocycles. The van der Waals surface area contributed by atoms with Crippen molar-refractivity contribution in [3.63, 3.8) is 0 Å². The van der Waals surface area contributed by atoms with E-state index in [1.54, 1.807) is 34.1 Å². The Labute approximate surface area is 104 Å². The smallest absolute Gasteiger partial charge is 0.436 e. The van der Waals surface area contributed by atoms with Crippen molar-refractivity contribution in [2.45, 2.75) is 33.2 Å². The van der Waals surface area contributed by atoms with Gasteiger partial charge in [-0.1, -0.05) is 19.4 Å². The molecular formula is C11H22O5Si. The van der Waals surface area contributed by atoms with E-state index in [2.05, 4.69) is 0 Å². The molecule has 0 N–H and O–H groups in total. The van der Waals surface area contributed by atoms with Crippen LogP contribution in [0.15, 0.2) is 11.6 Å². The molecule has 0 rings (SSSR count). The van der Waals surface area contributed by atoms with Crippen LogP contribution in [0.2, 0.25) is 6.04 Å². The predicted molar refractivity (Wildman–Crippen MR) is 66.3 cm³/mol. The molecule has 0 fully saturated rings. The number of carbonyl (C=O) groups is 1. The lowest BCUT2D eigenvalue weighted by Crippen LogP contribution is -2.44. The minimum atomic E-state index is -2.65. The van der Waals surface area contributed by atoms with Gasteiger partial charge in [0, 0.05) is 25.8 Å². The van der Waals surface area contributed by atoms with Crippen molar-refractivity contribution in [2.24, 2.45) is 0 Å². The van der Waals surface area contributed by atoms with Gasteiger partial charge >= 0.3 is 14.8 Å². The first-order valence-electron chi connectivity index (χ1n) is 5.59. The molecule has 0 unspecified atom stereocenters. The zero-order valence-electron chi connectivity index (χ0n) is 11.2. The van der Waals surface area contributed by atoms with Gasteiger partial charge in [0.25, 0.3) is 0 Å². The van der Waals surface area contributed by atoms with Crippen LogP contribution in [0.3, 0.4) is 0 Å². The standard InChI is InChI=1S/C11H22O5Si/c1-6-8-17(13-4,14-5)16-9-15-11(12)10(3)7-2/h7H,6,8-9H2,1-5H3. The Hall–Kier alpha value is -0.693. The molecule has 0 spiro atoms. The van der Waals surface area contributed by atoms with Crippen LogP contribution in [-0.4, -0.2) is 35.8 Å². The normalized spacial score (nSPS) is 12.6. The van der Waals surface area contributed by atoms with Gasteiger partial charge in [0.2, 0.25) is 0 Å². The Balaban J connectivity index is 4.19. The predicted octanol–water partition coefficient (Wildman–Crippen LogP) is 2.11. The fourth-order valence-electron chi connectivity index (χ4n) is 1.19. The fourth-order valence-corrected chi connectivity index (χ4v) is 2.99. The van der Waals surface area contributed by atoms with Gasteiger partial charge in [-0.05, 0) is 13.8 Å². The van der Waals surface area contributed by atoms with Crippen molar-refractivity contribution in [1.29, 1.82) is 0 Å². The first kappa shape index (κ1) is 16.3. The van der Waals surface area contributed by atoms with Gasteiger partial charge in [-0.15, -0.1) is 0 Å². The molecular weight excluding hydrogens is 240 g/mol. The lowest BCUT2D eigenvalue weighted by atomic mass is 10.3. The van der Waals surface area contributed by atoms with Crippen molar-refractivity contribution in [2.75, 3.05) is 21.0 Å². The molecule has 6 heteroatoms. The number of ether oxygens (including phenoxy) is 1. The summed E-state index contributed by atoms with van der Waals surface area (Å²) in [6.45, 7) is 5.33. The van der Waals surface area contributed by atoms with Crippen molar-refractivity contribution in [3.05, 3.63) is 11.6 Å². The lowest BCUT2D eigenvalue weighted by Gasteiger charge is -2.25. The lowest BCUT2D eigenvalue weighted by molar-refractivity contribution is -0.147. The zero-order chi connectivity index (χ0) is 13.3. The minimum Gasteiger partial charge on any atom is -0.436 e. The molecule has 0 aromatic heterocycles. The van der Waals surface area contributed by atoms with Crippen molar-refractivity contribution in [3.8, 4) is 0 Å². The van der Waals surface area contributed by atoms with Crippen LogP contribution < -0.4 is 0 Å². The number of rotatable bonds is 8. The third-order valence-corrected chi connectivity index (χ3v) is 5.32. The van der Waals surface area contributed by atoms with E-state index in [0.717, 1.165) is 6.42 Å². The van der Waals surface area contributed by atoms with E-state index in [0.29, 0.717) is 11.6 Å². The Morgan fingerprint density at radius 2 is 1.88 bits per heavy atom. The molecule has 0 aliphatic rings. The van der Waals surface area contributed by atoms with E-state index in [9.17, 15) is 4.79 Å². The maximum atomic E-state index is 11.4. The molecule has 0 aliphatic heterocycles. The number of carbonyl (C=O) groups excluding carboxylic acids is 1. The highest BCUT2D eigenvalue weighted by Crippen LogP contribution is 2.15. The molecule has 0 atom stereocenters. The first-order chi connectivity index (χ1) is 8.05. The Morgan fingerprint density at radius 3 is 2.29 bits per heavy atom. The second-order valence-corrected chi connectivity index (χ2v) is 6.48. The van der Waals surface area contributed by atoms with Crippen LogP contribution in [0.1, 0.15) is 27.2 Å². The summed E-state index contributed by atoms with van der Waals surface area (Å²) in [6, 6.07) is 0.695. The molecule has 0 aliphatic carbocycles. The van der Waals surface area contributed by atoms with E-state index in [1.807, 2.05) is 6.92 Å². The van der Waals surface area contributed by atoms with Crippen LogP contribution in [-0.2, 0) is 22.8 Å². The molecule has 0 radical (unpaired) electrons. The number of hydrogen-bond acceptors (Lipinski definition) is 5.